The van der Waals surface area contributed by atoms with E-state index in [0.717, 1.165) is 51.1 Å². The highest BCUT2D eigenvalue weighted by Gasteiger charge is 2.32. The van der Waals surface area contributed by atoms with E-state index in [1.165, 1.54) is 0 Å². The average Bonchev–Trinajstić information content (AvgIpc) is 3.07. The van der Waals surface area contributed by atoms with Gasteiger partial charge in [-0.1, -0.05) is 25.9 Å². The summed E-state index contributed by atoms with van der Waals surface area (Å²) in [4.78, 5) is 20.8. The quantitative estimate of drug-likeness (QED) is 0.854. The Morgan fingerprint density at radius 1 is 1.27 bits per heavy atom. The van der Waals surface area contributed by atoms with Crippen molar-refractivity contribution in [3.8, 4) is 0 Å². The highest BCUT2D eigenvalue weighted by Crippen LogP contribution is 2.23. The largest absolute Gasteiger partial charge is 0.339 e. The number of carbonyl (C=O) groups excluding carboxylic acids is 1. The van der Waals surface area contributed by atoms with Crippen LogP contribution in [-0.2, 0) is 16.8 Å². The summed E-state index contributed by atoms with van der Waals surface area (Å²) in [6.45, 7) is 9.80. The summed E-state index contributed by atoms with van der Waals surface area (Å²) in [6.07, 6.45) is 3.96. The first-order chi connectivity index (χ1) is 10.4. The maximum atomic E-state index is 11.9. The van der Waals surface area contributed by atoms with E-state index in [4.69, 9.17) is 4.52 Å². The number of hydrogen-bond acceptors (Lipinski definition) is 5. The molecule has 0 aliphatic carbocycles. The van der Waals surface area contributed by atoms with Gasteiger partial charge in [-0.3, -0.25) is 9.69 Å². The molecule has 122 valence electrons. The molecule has 2 saturated heterocycles. The predicted octanol–water partition coefficient (Wildman–Crippen LogP) is 1.95. The van der Waals surface area contributed by atoms with Gasteiger partial charge < -0.3 is 9.42 Å². The molecule has 1 aromatic rings. The summed E-state index contributed by atoms with van der Waals surface area (Å²) < 4.78 is 5.36. The molecule has 3 heterocycles. The fourth-order valence-corrected chi connectivity index (χ4v) is 3.31. The summed E-state index contributed by atoms with van der Waals surface area (Å²) in [7, 11) is 0. The van der Waals surface area contributed by atoms with E-state index in [1.807, 2.05) is 0 Å². The molecule has 0 saturated carbocycles. The molecule has 1 aromatic heterocycles. The summed E-state index contributed by atoms with van der Waals surface area (Å²) in [6, 6.07) is 0.359. The highest BCUT2D eigenvalue weighted by atomic mass is 16.5. The van der Waals surface area contributed by atoms with Gasteiger partial charge in [-0.2, -0.15) is 4.98 Å². The fraction of sp³-hybridized carbons (Fsp3) is 0.812. The molecule has 3 rings (SSSR count). The highest BCUT2D eigenvalue weighted by molar-refractivity contribution is 5.78. The number of rotatable bonds is 3. The Bertz CT molecular complexity index is 534. The van der Waals surface area contributed by atoms with E-state index in [-0.39, 0.29) is 5.41 Å². The molecule has 6 heteroatoms. The standard InChI is InChI=1S/C16H26N4O2/c1-16(2,3)15-17-13(18-22-15)11-19-8-4-6-12(10-19)20-9-5-7-14(20)21/h12H,4-11H2,1-3H3/t12-/m0/s1. The second-order valence-electron chi connectivity index (χ2n) is 7.49. The number of carbonyl (C=O) groups is 1. The van der Waals surface area contributed by atoms with Gasteiger partial charge in [-0.25, -0.2) is 0 Å². The molecular formula is C16H26N4O2. The smallest absolute Gasteiger partial charge is 0.232 e. The van der Waals surface area contributed by atoms with Crippen LogP contribution in [0.25, 0.3) is 0 Å². The van der Waals surface area contributed by atoms with Crippen molar-refractivity contribution in [3.63, 3.8) is 0 Å². The minimum Gasteiger partial charge on any atom is -0.339 e. The maximum absolute atomic E-state index is 11.9. The molecule has 0 bridgehead atoms. The zero-order valence-corrected chi connectivity index (χ0v) is 13.8. The molecule has 1 atom stereocenters. The lowest BCUT2D eigenvalue weighted by atomic mass is 9.97. The second-order valence-corrected chi connectivity index (χ2v) is 7.49. The van der Waals surface area contributed by atoms with Crippen molar-refractivity contribution in [1.29, 1.82) is 0 Å². The Kier molecular flexibility index (Phi) is 4.21. The van der Waals surface area contributed by atoms with Crippen molar-refractivity contribution in [1.82, 2.24) is 19.9 Å². The molecule has 2 aliphatic rings. The maximum Gasteiger partial charge on any atom is 0.232 e. The molecule has 2 fully saturated rings. The average molecular weight is 306 g/mol. The number of piperidine rings is 1. The number of nitrogens with zero attached hydrogens (tertiary/aromatic N) is 4. The van der Waals surface area contributed by atoms with Crippen LogP contribution < -0.4 is 0 Å². The van der Waals surface area contributed by atoms with Crippen LogP contribution in [0, 0.1) is 0 Å². The Labute approximate surface area is 131 Å². The molecule has 0 spiro atoms. The van der Waals surface area contributed by atoms with Crippen LogP contribution in [0.4, 0.5) is 0 Å². The van der Waals surface area contributed by atoms with E-state index in [9.17, 15) is 4.79 Å². The van der Waals surface area contributed by atoms with Crippen LogP contribution in [0.2, 0.25) is 0 Å². The molecule has 0 aromatic carbocycles. The van der Waals surface area contributed by atoms with Gasteiger partial charge in [0.1, 0.15) is 0 Å². The third kappa shape index (κ3) is 3.32. The monoisotopic (exact) mass is 306 g/mol. The van der Waals surface area contributed by atoms with Crippen LogP contribution in [0.15, 0.2) is 4.52 Å². The molecular weight excluding hydrogens is 280 g/mol. The SMILES string of the molecule is CC(C)(C)c1nc(CN2CCC[C@H](N3CCCC3=O)C2)no1. The zero-order valence-electron chi connectivity index (χ0n) is 13.8. The van der Waals surface area contributed by atoms with Crippen molar-refractivity contribution in [3.05, 3.63) is 11.7 Å². The second kappa shape index (κ2) is 5.99. The van der Waals surface area contributed by atoms with Gasteiger partial charge in [0.15, 0.2) is 5.82 Å². The van der Waals surface area contributed by atoms with Crippen molar-refractivity contribution in [2.45, 2.75) is 64.5 Å². The lowest BCUT2D eigenvalue weighted by Gasteiger charge is -2.37. The van der Waals surface area contributed by atoms with Crippen molar-refractivity contribution < 1.29 is 9.32 Å². The molecule has 0 N–H and O–H groups in total. The summed E-state index contributed by atoms with van der Waals surface area (Å²) in [5.41, 5.74) is -0.113. The first-order valence-electron chi connectivity index (χ1n) is 8.28. The first kappa shape index (κ1) is 15.5. The Morgan fingerprint density at radius 2 is 2.09 bits per heavy atom. The van der Waals surface area contributed by atoms with E-state index in [2.05, 4.69) is 40.7 Å². The lowest BCUT2D eigenvalue weighted by Crippen LogP contribution is -2.48. The number of amides is 1. The van der Waals surface area contributed by atoms with E-state index < -0.39 is 0 Å². The van der Waals surface area contributed by atoms with Gasteiger partial charge in [0.05, 0.1) is 6.54 Å². The van der Waals surface area contributed by atoms with Gasteiger partial charge in [0.2, 0.25) is 11.8 Å². The van der Waals surface area contributed by atoms with Crippen LogP contribution in [-0.4, -0.2) is 51.5 Å². The van der Waals surface area contributed by atoms with Crippen LogP contribution in [0.5, 0.6) is 0 Å². The summed E-state index contributed by atoms with van der Waals surface area (Å²) in [5.74, 6) is 1.76. The Balaban J connectivity index is 1.60. The molecule has 22 heavy (non-hydrogen) atoms. The van der Waals surface area contributed by atoms with Crippen molar-refractivity contribution in [2.75, 3.05) is 19.6 Å². The van der Waals surface area contributed by atoms with E-state index in [1.54, 1.807) is 0 Å². The van der Waals surface area contributed by atoms with Gasteiger partial charge in [0.25, 0.3) is 0 Å². The number of hydrogen-bond donors (Lipinski definition) is 0. The molecule has 0 unspecified atom stereocenters. The third-order valence-electron chi connectivity index (χ3n) is 4.51. The van der Waals surface area contributed by atoms with E-state index >= 15 is 0 Å². The van der Waals surface area contributed by atoms with E-state index in [0.29, 0.717) is 24.4 Å². The molecule has 2 aliphatic heterocycles. The van der Waals surface area contributed by atoms with Gasteiger partial charge in [-0.05, 0) is 25.8 Å². The fourth-order valence-electron chi connectivity index (χ4n) is 3.31. The van der Waals surface area contributed by atoms with Crippen LogP contribution in [0.3, 0.4) is 0 Å². The topological polar surface area (TPSA) is 62.5 Å². The number of likely N-dealkylation sites (tertiary alicyclic amines) is 2. The number of aromatic nitrogens is 2. The molecule has 6 nitrogen and oxygen atoms in total. The van der Waals surface area contributed by atoms with Crippen molar-refractivity contribution in [2.24, 2.45) is 0 Å². The summed E-state index contributed by atoms with van der Waals surface area (Å²) >= 11 is 0. The third-order valence-corrected chi connectivity index (χ3v) is 4.51. The van der Waals surface area contributed by atoms with Crippen molar-refractivity contribution >= 4 is 5.91 Å². The van der Waals surface area contributed by atoms with Crippen LogP contribution >= 0.6 is 0 Å². The zero-order chi connectivity index (χ0) is 15.7. The van der Waals surface area contributed by atoms with Crippen LogP contribution in [0.1, 0.15) is 58.2 Å². The minimum atomic E-state index is -0.113. The predicted molar refractivity (Wildman–Crippen MR) is 82.2 cm³/mol. The Morgan fingerprint density at radius 3 is 2.73 bits per heavy atom. The first-order valence-corrected chi connectivity index (χ1v) is 8.28. The van der Waals surface area contributed by atoms with Gasteiger partial charge >= 0.3 is 0 Å². The molecule has 1 amide bonds. The normalized spacial score (nSPS) is 24.2. The van der Waals surface area contributed by atoms with Gasteiger partial charge in [-0.15, -0.1) is 0 Å². The molecule has 0 radical (unpaired) electrons. The Hall–Kier alpha value is -1.43. The summed E-state index contributed by atoms with van der Waals surface area (Å²) in [5, 5.41) is 4.11. The lowest BCUT2D eigenvalue weighted by molar-refractivity contribution is -0.130. The van der Waals surface area contributed by atoms with Gasteiger partial charge in [0, 0.05) is 31.0 Å². The minimum absolute atomic E-state index is 0.113.